The summed E-state index contributed by atoms with van der Waals surface area (Å²) in [7, 11) is 0. The Labute approximate surface area is 119 Å². The highest BCUT2D eigenvalue weighted by molar-refractivity contribution is 5.89. The van der Waals surface area contributed by atoms with E-state index in [0.717, 1.165) is 17.7 Å². The Morgan fingerprint density at radius 3 is 2.55 bits per heavy atom. The summed E-state index contributed by atoms with van der Waals surface area (Å²) >= 11 is 0. The molecular formula is C16H20N2O2. The van der Waals surface area contributed by atoms with Gasteiger partial charge in [0.25, 0.3) is 0 Å². The molecule has 1 amide bonds. The molecule has 0 atom stereocenters. The Bertz CT molecular complexity index is 568. The van der Waals surface area contributed by atoms with E-state index in [0.29, 0.717) is 12.2 Å². The van der Waals surface area contributed by atoms with Crippen LogP contribution >= 0.6 is 0 Å². The Hall–Kier alpha value is -2.10. The highest BCUT2D eigenvalue weighted by Gasteiger charge is 2.20. The molecule has 0 saturated carbocycles. The van der Waals surface area contributed by atoms with Crippen molar-refractivity contribution in [2.75, 3.05) is 5.32 Å². The van der Waals surface area contributed by atoms with Gasteiger partial charge >= 0.3 is 0 Å². The van der Waals surface area contributed by atoms with Crippen LogP contribution in [0.4, 0.5) is 5.82 Å². The standard InChI is InChI=1S/C16H20N2O2/c1-16(2,3)13-11-14(18-20-13)17-15(19)10-9-12-7-5-4-6-8-12/h4-8,11H,9-10H2,1-3H3,(H,17,18,19). The van der Waals surface area contributed by atoms with E-state index in [1.165, 1.54) is 0 Å². The van der Waals surface area contributed by atoms with E-state index in [4.69, 9.17) is 4.52 Å². The van der Waals surface area contributed by atoms with E-state index >= 15 is 0 Å². The molecule has 106 valence electrons. The lowest BCUT2D eigenvalue weighted by molar-refractivity contribution is -0.116. The van der Waals surface area contributed by atoms with E-state index in [2.05, 4.69) is 10.5 Å². The fraction of sp³-hybridized carbons (Fsp3) is 0.375. The summed E-state index contributed by atoms with van der Waals surface area (Å²) in [5, 5.41) is 6.63. The van der Waals surface area contributed by atoms with Crippen LogP contribution in [0.2, 0.25) is 0 Å². The average molecular weight is 272 g/mol. The highest BCUT2D eigenvalue weighted by Crippen LogP contribution is 2.24. The fourth-order valence-electron chi connectivity index (χ4n) is 1.80. The van der Waals surface area contributed by atoms with E-state index in [1.54, 1.807) is 6.07 Å². The van der Waals surface area contributed by atoms with Gasteiger partial charge in [-0.15, -0.1) is 0 Å². The van der Waals surface area contributed by atoms with Gasteiger partial charge in [0.15, 0.2) is 5.82 Å². The van der Waals surface area contributed by atoms with Gasteiger partial charge in [-0.25, -0.2) is 0 Å². The van der Waals surface area contributed by atoms with Crippen molar-refractivity contribution in [1.29, 1.82) is 0 Å². The summed E-state index contributed by atoms with van der Waals surface area (Å²) in [4.78, 5) is 11.9. The first kappa shape index (κ1) is 14.3. The van der Waals surface area contributed by atoms with Gasteiger partial charge in [-0.2, -0.15) is 0 Å². The topological polar surface area (TPSA) is 55.1 Å². The van der Waals surface area contributed by atoms with Crippen molar-refractivity contribution in [2.24, 2.45) is 0 Å². The van der Waals surface area contributed by atoms with Crippen molar-refractivity contribution in [2.45, 2.75) is 39.0 Å². The lowest BCUT2D eigenvalue weighted by Gasteiger charge is -2.12. The molecule has 0 aliphatic carbocycles. The Balaban J connectivity index is 1.87. The number of hydrogen-bond donors (Lipinski definition) is 1. The zero-order valence-electron chi connectivity index (χ0n) is 12.1. The highest BCUT2D eigenvalue weighted by atomic mass is 16.5. The number of hydrogen-bond acceptors (Lipinski definition) is 3. The minimum absolute atomic E-state index is 0.0531. The molecule has 0 aliphatic heterocycles. The van der Waals surface area contributed by atoms with Crippen LogP contribution in [0.1, 0.15) is 38.5 Å². The molecule has 1 aromatic heterocycles. The molecule has 0 spiro atoms. The van der Waals surface area contributed by atoms with E-state index < -0.39 is 0 Å². The number of rotatable bonds is 4. The molecule has 4 heteroatoms. The first-order valence-electron chi connectivity index (χ1n) is 6.76. The summed E-state index contributed by atoms with van der Waals surface area (Å²) in [6.07, 6.45) is 1.15. The number of amides is 1. The molecule has 0 bridgehead atoms. The van der Waals surface area contributed by atoms with Crippen LogP contribution in [-0.4, -0.2) is 11.1 Å². The van der Waals surface area contributed by atoms with Crippen molar-refractivity contribution in [3.63, 3.8) is 0 Å². The summed E-state index contributed by atoms with van der Waals surface area (Å²) in [6.45, 7) is 6.11. The quantitative estimate of drug-likeness (QED) is 0.926. The van der Waals surface area contributed by atoms with Crippen LogP contribution in [0, 0.1) is 0 Å². The number of aryl methyl sites for hydroxylation is 1. The second-order valence-corrected chi connectivity index (χ2v) is 5.86. The first-order chi connectivity index (χ1) is 9.45. The van der Waals surface area contributed by atoms with Crippen molar-refractivity contribution in [1.82, 2.24) is 5.16 Å². The predicted octanol–water partition coefficient (Wildman–Crippen LogP) is 3.54. The maximum Gasteiger partial charge on any atom is 0.225 e. The number of carbonyl (C=O) groups is 1. The first-order valence-corrected chi connectivity index (χ1v) is 6.76. The molecule has 2 rings (SSSR count). The summed E-state index contributed by atoms with van der Waals surface area (Å²) in [5.74, 6) is 1.19. The largest absolute Gasteiger partial charge is 0.359 e. The molecule has 0 unspecified atom stereocenters. The third-order valence-corrected chi connectivity index (χ3v) is 3.00. The molecule has 0 fully saturated rings. The maximum absolute atomic E-state index is 11.9. The van der Waals surface area contributed by atoms with Crippen LogP contribution in [-0.2, 0) is 16.6 Å². The van der Waals surface area contributed by atoms with Gasteiger partial charge in [-0.1, -0.05) is 56.3 Å². The molecule has 0 aliphatic rings. The van der Waals surface area contributed by atoms with Crippen LogP contribution in [0.5, 0.6) is 0 Å². The predicted molar refractivity (Wildman–Crippen MR) is 78.6 cm³/mol. The minimum Gasteiger partial charge on any atom is -0.359 e. The Morgan fingerprint density at radius 1 is 1.25 bits per heavy atom. The molecule has 4 nitrogen and oxygen atoms in total. The number of carbonyl (C=O) groups excluding carboxylic acids is 1. The van der Waals surface area contributed by atoms with Crippen molar-refractivity contribution < 1.29 is 9.32 Å². The van der Waals surface area contributed by atoms with Crippen LogP contribution in [0.25, 0.3) is 0 Å². The summed E-state index contributed by atoms with van der Waals surface area (Å²) < 4.78 is 5.23. The van der Waals surface area contributed by atoms with Gasteiger partial charge in [0.2, 0.25) is 5.91 Å². The molecule has 0 saturated heterocycles. The molecule has 20 heavy (non-hydrogen) atoms. The molecule has 1 heterocycles. The van der Waals surface area contributed by atoms with Crippen molar-refractivity contribution >= 4 is 11.7 Å². The molecule has 1 aromatic carbocycles. The smallest absolute Gasteiger partial charge is 0.225 e. The van der Waals surface area contributed by atoms with Gasteiger partial charge in [0, 0.05) is 17.9 Å². The molecule has 0 radical (unpaired) electrons. The molecule has 2 aromatic rings. The van der Waals surface area contributed by atoms with E-state index in [9.17, 15) is 4.79 Å². The van der Waals surface area contributed by atoms with Gasteiger partial charge in [0.05, 0.1) is 0 Å². The number of nitrogens with one attached hydrogen (secondary N) is 1. The van der Waals surface area contributed by atoms with Gasteiger partial charge in [-0.05, 0) is 12.0 Å². The SMILES string of the molecule is CC(C)(C)c1cc(NC(=O)CCc2ccccc2)no1. The summed E-state index contributed by atoms with van der Waals surface area (Å²) in [6, 6.07) is 11.7. The van der Waals surface area contributed by atoms with Crippen molar-refractivity contribution in [3.05, 3.63) is 47.7 Å². The van der Waals surface area contributed by atoms with Gasteiger partial charge in [0.1, 0.15) is 5.76 Å². The van der Waals surface area contributed by atoms with E-state index in [1.807, 2.05) is 51.1 Å². The Kier molecular flexibility index (Phi) is 4.23. The lowest BCUT2D eigenvalue weighted by Crippen LogP contribution is -2.13. The zero-order valence-corrected chi connectivity index (χ0v) is 12.1. The van der Waals surface area contributed by atoms with Crippen molar-refractivity contribution in [3.8, 4) is 0 Å². The summed E-state index contributed by atoms with van der Waals surface area (Å²) in [5.41, 5.74) is 1.04. The van der Waals surface area contributed by atoms with Crippen LogP contribution < -0.4 is 5.32 Å². The minimum atomic E-state index is -0.111. The normalized spacial score (nSPS) is 11.3. The van der Waals surface area contributed by atoms with Gasteiger partial charge < -0.3 is 9.84 Å². The maximum atomic E-state index is 11.9. The van der Waals surface area contributed by atoms with Gasteiger partial charge in [-0.3, -0.25) is 4.79 Å². The third-order valence-electron chi connectivity index (χ3n) is 3.00. The second-order valence-electron chi connectivity index (χ2n) is 5.86. The lowest BCUT2D eigenvalue weighted by atomic mass is 9.93. The second kappa shape index (κ2) is 5.90. The van der Waals surface area contributed by atoms with Crippen LogP contribution in [0.3, 0.4) is 0 Å². The average Bonchev–Trinajstić information content (AvgIpc) is 2.86. The number of aromatic nitrogens is 1. The fourth-order valence-corrected chi connectivity index (χ4v) is 1.80. The van der Waals surface area contributed by atoms with E-state index in [-0.39, 0.29) is 11.3 Å². The zero-order chi connectivity index (χ0) is 14.6. The molecule has 1 N–H and O–H groups in total. The van der Waals surface area contributed by atoms with Crippen LogP contribution in [0.15, 0.2) is 40.9 Å². The molecular weight excluding hydrogens is 252 g/mol. The number of nitrogens with zero attached hydrogens (tertiary/aromatic N) is 1. The third kappa shape index (κ3) is 3.95. The Morgan fingerprint density at radius 2 is 1.95 bits per heavy atom. The monoisotopic (exact) mass is 272 g/mol. The number of anilines is 1. The number of benzene rings is 1.